The molecule has 3 aromatic rings. The van der Waals surface area contributed by atoms with Crippen molar-refractivity contribution >= 4 is 23.1 Å². The Labute approximate surface area is 170 Å². The number of likely N-dealkylation sites (tertiary alicyclic amines) is 1. The number of hydrogen-bond acceptors (Lipinski definition) is 3. The molecule has 144 valence electrons. The summed E-state index contributed by atoms with van der Waals surface area (Å²) in [6, 6.07) is 18.3. The zero-order valence-corrected chi connectivity index (χ0v) is 17.1. The summed E-state index contributed by atoms with van der Waals surface area (Å²) < 4.78 is 0. The van der Waals surface area contributed by atoms with E-state index < -0.39 is 0 Å². The smallest absolute Gasteiger partial charge is 0.315 e. The van der Waals surface area contributed by atoms with Crippen LogP contribution in [0.2, 0.25) is 0 Å². The highest BCUT2D eigenvalue weighted by molar-refractivity contribution is 7.15. The van der Waals surface area contributed by atoms with Crippen LogP contribution in [0.15, 0.2) is 60.8 Å². The van der Waals surface area contributed by atoms with Gasteiger partial charge in [0.1, 0.15) is 5.01 Å². The van der Waals surface area contributed by atoms with Crippen molar-refractivity contribution in [3.63, 3.8) is 0 Å². The number of thiazole rings is 1. The molecular weight excluding hydrogens is 366 g/mol. The van der Waals surface area contributed by atoms with Gasteiger partial charge in [0.25, 0.3) is 0 Å². The Morgan fingerprint density at radius 1 is 1.14 bits per heavy atom. The second-order valence-electron chi connectivity index (χ2n) is 7.45. The van der Waals surface area contributed by atoms with E-state index in [2.05, 4.69) is 42.3 Å². The van der Waals surface area contributed by atoms with Crippen molar-refractivity contribution in [1.29, 1.82) is 0 Å². The lowest BCUT2D eigenvalue weighted by molar-refractivity contribution is 0.207. The first-order chi connectivity index (χ1) is 13.6. The standard InChI is InChI=1S/C23H25N3OS/c1-16(2)18-11-6-7-12-19(18)25-23(27)26-14-8-13-20(26)22-24-15-21(28-22)17-9-4-3-5-10-17/h3-7,9-12,15-16,20H,8,13-14H2,1-2H3,(H,25,27)/t20-/m0/s1. The molecule has 0 saturated carbocycles. The fourth-order valence-electron chi connectivity index (χ4n) is 3.75. The van der Waals surface area contributed by atoms with Crippen LogP contribution in [0.25, 0.3) is 10.4 Å². The van der Waals surface area contributed by atoms with Gasteiger partial charge in [-0.1, -0.05) is 62.4 Å². The number of hydrogen-bond donors (Lipinski definition) is 1. The van der Waals surface area contributed by atoms with Crippen molar-refractivity contribution in [2.75, 3.05) is 11.9 Å². The number of amides is 2. The second-order valence-corrected chi connectivity index (χ2v) is 8.51. The molecule has 0 bridgehead atoms. The Morgan fingerprint density at radius 2 is 1.89 bits per heavy atom. The lowest BCUT2D eigenvalue weighted by Crippen LogP contribution is -2.34. The molecule has 4 nitrogen and oxygen atoms in total. The monoisotopic (exact) mass is 391 g/mol. The molecule has 1 aromatic heterocycles. The zero-order chi connectivity index (χ0) is 19.5. The Bertz CT molecular complexity index is 951. The van der Waals surface area contributed by atoms with E-state index in [1.165, 1.54) is 5.56 Å². The molecule has 5 heteroatoms. The van der Waals surface area contributed by atoms with Crippen molar-refractivity contribution in [2.45, 2.75) is 38.6 Å². The van der Waals surface area contributed by atoms with E-state index in [9.17, 15) is 4.79 Å². The van der Waals surface area contributed by atoms with Crippen LogP contribution in [-0.4, -0.2) is 22.5 Å². The normalized spacial score (nSPS) is 16.5. The molecular formula is C23H25N3OS. The molecule has 1 saturated heterocycles. The molecule has 1 aliphatic rings. The highest BCUT2D eigenvalue weighted by Gasteiger charge is 2.32. The topological polar surface area (TPSA) is 45.2 Å². The first-order valence-electron chi connectivity index (χ1n) is 9.81. The third-order valence-electron chi connectivity index (χ3n) is 5.20. The maximum absolute atomic E-state index is 13.0. The minimum absolute atomic E-state index is 0.0351. The van der Waals surface area contributed by atoms with Gasteiger partial charge >= 0.3 is 6.03 Å². The number of anilines is 1. The summed E-state index contributed by atoms with van der Waals surface area (Å²) in [5.74, 6) is 0.360. The number of carbonyl (C=O) groups excluding carboxylic acids is 1. The molecule has 1 aliphatic heterocycles. The molecule has 0 radical (unpaired) electrons. The van der Waals surface area contributed by atoms with E-state index in [4.69, 9.17) is 0 Å². The van der Waals surface area contributed by atoms with Crippen LogP contribution in [0.5, 0.6) is 0 Å². The fraction of sp³-hybridized carbons (Fsp3) is 0.304. The van der Waals surface area contributed by atoms with E-state index in [-0.39, 0.29) is 12.1 Å². The van der Waals surface area contributed by atoms with Gasteiger partial charge in [0.15, 0.2) is 0 Å². The molecule has 1 atom stereocenters. The molecule has 2 amide bonds. The SMILES string of the molecule is CC(C)c1ccccc1NC(=O)N1CCC[C@H]1c1ncc(-c2ccccc2)s1. The highest BCUT2D eigenvalue weighted by Crippen LogP contribution is 2.37. The molecule has 0 spiro atoms. The largest absolute Gasteiger partial charge is 0.322 e. The molecule has 2 aromatic carbocycles. The first kappa shape index (κ1) is 18.7. The van der Waals surface area contributed by atoms with Crippen molar-refractivity contribution in [1.82, 2.24) is 9.88 Å². The Balaban J connectivity index is 1.53. The summed E-state index contributed by atoms with van der Waals surface area (Å²) in [5.41, 5.74) is 3.23. The van der Waals surface area contributed by atoms with Crippen LogP contribution in [0.3, 0.4) is 0 Å². The minimum atomic E-state index is -0.0351. The third-order valence-corrected chi connectivity index (χ3v) is 6.35. The molecule has 0 unspecified atom stereocenters. The lowest BCUT2D eigenvalue weighted by atomic mass is 10.0. The number of para-hydroxylation sites is 1. The predicted octanol–water partition coefficient (Wildman–Crippen LogP) is 6.30. The first-order valence-corrected chi connectivity index (χ1v) is 10.6. The number of benzene rings is 2. The number of carbonyl (C=O) groups is 1. The van der Waals surface area contributed by atoms with Crippen LogP contribution >= 0.6 is 11.3 Å². The van der Waals surface area contributed by atoms with E-state index in [0.717, 1.165) is 40.5 Å². The zero-order valence-electron chi connectivity index (χ0n) is 16.3. The van der Waals surface area contributed by atoms with Gasteiger partial charge in [-0.3, -0.25) is 0 Å². The third kappa shape index (κ3) is 3.80. The summed E-state index contributed by atoms with van der Waals surface area (Å²) in [5, 5.41) is 4.15. The number of urea groups is 1. The Kier molecular flexibility index (Phi) is 5.44. The van der Waals surface area contributed by atoms with Crippen molar-refractivity contribution < 1.29 is 4.79 Å². The lowest BCUT2D eigenvalue weighted by Gasteiger charge is -2.24. The maximum Gasteiger partial charge on any atom is 0.322 e. The quantitative estimate of drug-likeness (QED) is 0.567. The van der Waals surface area contributed by atoms with Gasteiger partial charge in [-0.15, -0.1) is 11.3 Å². The summed E-state index contributed by atoms with van der Waals surface area (Å²) in [6.45, 7) is 5.05. The van der Waals surface area contributed by atoms with Gasteiger partial charge in [0.2, 0.25) is 0 Å². The van der Waals surface area contributed by atoms with Gasteiger partial charge in [-0.05, 0) is 36.0 Å². The number of nitrogens with one attached hydrogen (secondary N) is 1. The average molecular weight is 392 g/mol. The summed E-state index contributed by atoms with van der Waals surface area (Å²) >= 11 is 1.69. The van der Waals surface area contributed by atoms with Crippen LogP contribution in [0, 0.1) is 0 Å². The van der Waals surface area contributed by atoms with Gasteiger partial charge in [0, 0.05) is 18.4 Å². The summed E-state index contributed by atoms with van der Waals surface area (Å²) in [4.78, 5) is 20.8. The molecule has 1 fully saturated rings. The van der Waals surface area contributed by atoms with Gasteiger partial charge < -0.3 is 10.2 Å². The number of aromatic nitrogens is 1. The minimum Gasteiger partial charge on any atom is -0.315 e. The molecule has 4 rings (SSSR count). The number of nitrogens with zero attached hydrogens (tertiary/aromatic N) is 2. The maximum atomic E-state index is 13.0. The average Bonchev–Trinajstić information content (AvgIpc) is 3.38. The fourth-order valence-corrected chi connectivity index (χ4v) is 4.82. The van der Waals surface area contributed by atoms with Crippen molar-refractivity contribution in [2.24, 2.45) is 0 Å². The Hall–Kier alpha value is -2.66. The van der Waals surface area contributed by atoms with Crippen molar-refractivity contribution in [3.8, 4) is 10.4 Å². The number of rotatable bonds is 4. The van der Waals surface area contributed by atoms with Gasteiger partial charge in [-0.25, -0.2) is 9.78 Å². The van der Waals surface area contributed by atoms with Crippen LogP contribution in [0.1, 0.15) is 49.2 Å². The van der Waals surface area contributed by atoms with E-state index >= 15 is 0 Å². The van der Waals surface area contributed by atoms with Crippen LogP contribution in [-0.2, 0) is 0 Å². The van der Waals surface area contributed by atoms with Gasteiger partial charge in [-0.2, -0.15) is 0 Å². The van der Waals surface area contributed by atoms with Crippen LogP contribution < -0.4 is 5.32 Å². The highest BCUT2D eigenvalue weighted by atomic mass is 32.1. The molecule has 28 heavy (non-hydrogen) atoms. The molecule has 1 N–H and O–H groups in total. The van der Waals surface area contributed by atoms with E-state index in [1.54, 1.807) is 11.3 Å². The summed E-state index contributed by atoms with van der Waals surface area (Å²) in [7, 11) is 0. The summed E-state index contributed by atoms with van der Waals surface area (Å²) in [6.07, 6.45) is 3.89. The molecule has 0 aliphatic carbocycles. The molecule has 2 heterocycles. The van der Waals surface area contributed by atoms with E-state index in [0.29, 0.717) is 5.92 Å². The van der Waals surface area contributed by atoms with Crippen molar-refractivity contribution in [3.05, 3.63) is 71.4 Å². The predicted molar refractivity (Wildman–Crippen MR) is 116 cm³/mol. The van der Waals surface area contributed by atoms with Crippen LogP contribution in [0.4, 0.5) is 10.5 Å². The van der Waals surface area contributed by atoms with Gasteiger partial charge in [0.05, 0.1) is 10.9 Å². The second kappa shape index (κ2) is 8.15. The Morgan fingerprint density at radius 3 is 2.68 bits per heavy atom. The van der Waals surface area contributed by atoms with E-state index in [1.807, 2.05) is 47.5 Å².